The minimum Gasteiger partial charge on any atom is -0.497 e. The fourth-order valence-electron chi connectivity index (χ4n) is 1.90. The molecule has 1 heterocycles. The average Bonchev–Trinajstić information content (AvgIpc) is 2.94. The summed E-state index contributed by atoms with van der Waals surface area (Å²) in [6.07, 6.45) is -0.587. The Morgan fingerprint density at radius 2 is 1.86 bits per heavy atom. The van der Waals surface area contributed by atoms with Crippen LogP contribution in [0.3, 0.4) is 0 Å². The van der Waals surface area contributed by atoms with Crippen molar-refractivity contribution in [2.45, 2.75) is 32.9 Å². The Morgan fingerprint density at radius 1 is 1.23 bits per heavy atom. The lowest BCUT2D eigenvalue weighted by Gasteiger charge is -2.17. The Kier molecular flexibility index (Phi) is 5.38. The summed E-state index contributed by atoms with van der Waals surface area (Å²) in [4.78, 5) is 16.6. The molecule has 2 unspecified atom stereocenters. The molecule has 2 aromatic rings. The first-order chi connectivity index (χ1) is 10.5. The first-order valence-corrected chi connectivity index (χ1v) is 7.90. The average molecular weight is 320 g/mol. The summed E-state index contributed by atoms with van der Waals surface area (Å²) in [5.41, 5.74) is 0.868. The van der Waals surface area contributed by atoms with Gasteiger partial charge in [0.1, 0.15) is 11.5 Å². The van der Waals surface area contributed by atoms with Gasteiger partial charge in [-0.05, 0) is 45.0 Å². The van der Waals surface area contributed by atoms with E-state index in [9.17, 15) is 4.79 Å². The van der Waals surface area contributed by atoms with E-state index in [4.69, 9.17) is 9.47 Å². The van der Waals surface area contributed by atoms with Gasteiger partial charge in [0.2, 0.25) is 0 Å². The van der Waals surface area contributed by atoms with Crippen molar-refractivity contribution < 1.29 is 14.3 Å². The van der Waals surface area contributed by atoms with Crippen molar-refractivity contribution in [3.63, 3.8) is 0 Å². The van der Waals surface area contributed by atoms with E-state index in [1.807, 2.05) is 19.2 Å². The maximum atomic E-state index is 12.2. The van der Waals surface area contributed by atoms with Crippen LogP contribution < -0.4 is 14.8 Å². The molecule has 0 saturated heterocycles. The number of hydrogen-bond donors (Lipinski definition) is 1. The number of nitrogens with one attached hydrogen (secondary N) is 1. The van der Waals surface area contributed by atoms with Crippen molar-refractivity contribution in [1.29, 1.82) is 0 Å². The Hall–Kier alpha value is -2.08. The number of rotatable bonds is 6. The normalized spacial score (nSPS) is 13.3. The molecule has 0 aliphatic heterocycles. The van der Waals surface area contributed by atoms with Crippen LogP contribution in [0.5, 0.6) is 11.5 Å². The van der Waals surface area contributed by atoms with Crippen LogP contribution >= 0.6 is 11.3 Å². The lowest BCUT2D eigenvalue weighted by Crippen LogP contribution is -2.37. The predicted octanol–water partition coefficient (Wildman–Crippen LogP) is 3.10. The molecule has 1 N–H and O–H groups in total. The van der Waals surface area contributed by atoms with Gasteiger partial charge in [-0.25, -0.2) is 4.98 Å². The molecule has 6 heteroatoms. The standard InChI is InChI=1S/C16H20N2O3S/c1-10(15-9-22-12(3)18-15)17-16(19)11(2)21-14-7-5-13(20-4)6-8-14/h5-11H,1-4H3,(H,17,19). The van der Waals surface area contributed by atoms with Gasteiger partial charge in [-0.1, -0.05) is 0 Å². The lowest BCUT2D eigenvalue weighted by molar-refractivity contribution is -0.127. The third-order valence-electron chi connectivity index (χ3n) is 3.18. The van der Waals surface area contributed by atoms with E-state index >= 15 is 0 Å². The second-order valence-corrected chi connectivity index (χ2v) is 6.02. The minimum atomic E-state index is -0.587. The Morgan fingerprint density at radius 3 is 2.41 bits per heavy atom. The maximum Gasteiger partial charge on any atom is 0.261 e. The molecule has 0 aliphatic carbocycles. The van der Waals surface area contributed by atoms with Crippen molar-refractivity contribution >= 4 is 17.2 Å². The van der Waals surface area contributed by atoms with Gasteiger partial charge in [0.25, 0.3) is 5.91 Å². The SMILES string of the molecule is COc1ccc(OC(C)C(=O)NC(C)c2csc(C)n2)cc1. The number of carbonyl (C=O) groups is 1. The van der Waals surface area contributed by atoms with E-state index in [1.165, 1.54) is 0 Å². The van der Waals surface area contributed by atoms with Crippen LogP contribution in [-0.2, 0) is 4.79 Å². The molecule has 1 aromatic carbocycles. The van der Waals surface area contributed by atoms with Crippen molar-refractivity contribution in [3.8, 4) is 11.5 Å². The number of carbonyl (C=O) groups excluding carboxylic acids is 1. The molecular weight excluding hydrogens is 300 g/mol. The van der Waals surface area contributed by atoms with E-state index in [0.717, 1.165) is 16.5 Å². The first kappa shape index (κ1) is 16.3. The third kappa shape index (κ3) is 4.21. The highest BCUT2D eigenvalue weighted by molar-refractivity contribution is 7.09. The highest BCUT2D eigenvalue weighted by atomic mass is 32.1. The first-order valence-electron chi connectivity index (χ1n) is 7.02. The van der Waals surface area contributed by atoms with Crippen molar-refractivity contribution in [2.75, 3.05) is 7.11 Å². The number of aromatic nitrogens is 1. The molecule has 0 fully saturated rings. The smallest absolute Gasteiger partial charge is 0.261 e. The molecule has 2 atom stereocenters. The number of hydrogen-bond acceptors (Lipinski definition) is 5. The van der Waals surface area contributed by atoms with E-state index in [1.54, 1.807) is 49.6 Å². The summed E-state index contributed by atoms with van der Waals surface area (Å²) in [6.45, 7) is 5.57. The summed E-state index contributed by atoms with van der Waals surface area (Å²) in [7, 11) is 1.60. The third-order valence-corrected chi connectivity index (χ3v) is 3.97. The van der Waals surface area contributed by atoms with Gasteiger partial charge in [0, 0.05) is 5.38 Å². The molecule has 0 bridgehead atoms. The zero-order valence-electron chi connectivity index (χ0n) is 13.1. The van der Waals surface area contributed by atoms with Gasteiger partial charge in [0.15, 0.2) is 6.10 Å². The topological polar surface area (TPSA) is 60.5 Å². The van der Waals surface area contributed by atoms with Crippen LogP contribution in [0.25, 0.3) is 0 Å². The monoisotopic (exact) mass is 320 g/mol. The van der Waals surface area contributed by atoms with Crippen LogP contribution in [0.4, 0.5) is 0 Å². The molecule has 0 saturated carbocycles. The number of aryl methyl sites for hydroxylation is 1. The fourth-order valence-corrected chi connectivity index (χ4v) is 2.60. The summed E-state index contributed by atoms with van der Waals surface area (Å²) in [6, 6.07) is 6.99. The largest absolute Gasteiger partial charge is 0.497 e. The zero-order chi connectivity index (χ0) is 16.1. The number of nitrogens with zero attached hydrogens (tertiary/aromatic N) is 1. The summed E-state index contributed by atoms with van der Waals surface area (Å²) < 4.78 is 10.7. The number of thiazole rings is 1. The molecular formula is C16H20N2O3S. The van der Waals surface area contributed by atoms with Gasteiger partial charge < -0.3 is 14.8 Å². The van der Waals surface area contributed by atoms with E-state index < -0.39 is 6.10 Å². The van der Waals surface area contributed by atoms with Crippen LogP contribution in [0.1, 0.15) is 30.6 Å². The second-order valence-electron chi connectivity index (χ2n) is 4.96. The van der Waals surface area contributed by atoms with Gasteiger partial charge in [-0.2, -0.15) is 0 Å². The highest BCUT2D eigenvalue weighted by Crippen LogP contribution is 2.19. The summed E-state index contributed by atoms with van der Waals surface area (Å²) >= 11 is 1.57. The molecule has 0 radical (unpaired) electrons. The van der Waals surface area contributed by atoms with Crippen LogP contribution in [0.2, 0.25) is 0 Å². The lowest BCUT2D eigenvalue weighted by atomic mass is 10.2. The Balaban J connectivity index is 1.91. The molecule has 1 amide bonds. The van der Waals surface area contributed by atoms with Gasteiger partial charge in [0.05, 0.1) is 23.9 Å². The summed E-state index contributed by atoms with van der Waals surface area (Å²) in [5, 5.41) is 5.85. The maximum absolute atomic E-state index is 12.2. The van der Waals surface area contributed by atoms with E-state index in [-0.39, 0.29) is 11.9 Å². The molecule has 2 rings (SSSR count). The minimum absolute atomic E-state index is 0.139. The fraction of sp³-hybridized carbons (Fsp3) is 0.375. The highest BCUT2D eigenvalue weighted by Gasteiger charge is 2.19. The number of amides is 1. The van der Waals surface area contributed by atoms with E-state index in [2.05, 4.69) is 10.3 Å². The predicted molar refractivity (Wildman–Crippen MR) is 86.5 cm³/mol. The van der Waals surface area contributed by atoms with Gasteiger partial charge in [-0.15, -0.1) is 11.3 Å². The number of benzene rings is 1. The molecule has 5 nitrogen and oxygen atoms in total. The van der Waals surface area contributed by atoms with Gasteiger partial charge in [-0.3, -0.25) is 4.79 Å². The van der Waals surface area contributed by atoms with Crippen LogP contribution in [-0.4, -0.2) is 24.1 Å². The molecule has 0 spiro atoms. The molecule has 22 heavy (non-hydrogen) atoms. The second kappa shape index (κ2) is 7.26. The van der Waals surface area contributed by atoms with Crippen LogP contribution in [0, 0.1) is 6.92 Å². The van der Waals surface area contributed by atoms with Crippen molar-refractivity contribution in [1.82, 2.24) is 10.3 Å². The van der Waals surface area contributed by atoms with Gasteiger partial charge >= 0.3 is 0 Å². The number of ether oxygens (including phenoxy) is 2. The quantitative estimate of drug-likeness (QED) is 0.888. The molecule has 0 aliphatic rings. The molecule has 1 aromatic heterocycles. The Bertz CT molecular complexity index is 625. The van der Waals surface area contributed by atoms with Crippen molar-refractivity contribution in [3.05, 3.63) is 40.3 Å². The summed E-state index contributed by atoms with van der Waals surface area (Å²) in [5.74, 6) is 1.20. The number of methoxy groups -OCH3 is 1. The Labute approximate surface area is 134 Å². The molecule has 118 valence electrons. The van der Waals surface area contributed by atoms with E-state index in [0.29, 0.717) is 5.75 Å². The zero-order valence-corrected chi connectivity index (χ0v) is 13.9. The van der Waals surface area contributed by atoms with Crippen molar-refractivity contribution in [2.24, 2.45) is 0 Å². The van der Waals surface area contributed by atoms with Crippen LogP contribution in [0.15, 0.2) is 29.6 Å².